The van der Waals surface area contributed by atoms with Crippen LogP contribution in [-0.4, -0.2) is 36.3 Å². The van der Waals surface area contributed by atoms with E-state index in [2.05, 4.69) is 22.9 Å². The predicted molar refractivity (Wildman–Crippen MR) is 87.1 cm³/mol. The van der Waals surface area contributed by atoms with Gasteiger partial charge in [-0.1, -0.05) is 28.9 Å². The number of rotatable bonds is 3. The lowest BCUT2D eigenvalue weighted by Crippen LogP contribution is -2.45. The zero-order valence-electron chi connectivity index (χ0n) is 12.5. The number of likely N-dealkylation sites (tertiary alicyclic amines) is 1. The van der Waals surface area contributed by atoms with Crippen molar-refractivity contribution in [2.24, 2.45) is 5.92 Å². The maximum absolute atomic E-state index is 12.4. The van der Waals surface area contributed by atoms with Gasteiger partial charge in [-0.2, -0.15) is 0 Å². The molecule has 1 aliphatic heterocycles. The van der Waals surface area contributed by atoms with Crippen molar-refractivity contribution in [3.05, 3.63) is 28.7 Å². The topological polar surface area (TPSA) is 40.6 Å². The van der Waals surface area contributed by atoms with Crippen LogP contribution in [0.3, 0.4) is 0 Å². The summed E-state index contributed by atoms with van der Waals surface area (Å²) >= 11 is 3.40. The van der Waals surface area contributed by atoms with Crippen LogP contribution in [0.4, 0.5) is 5.69 Å². The molecule has 1 fully saturated rings. The fourth-order valence-corrected chi connectivity index (χ4v) is 2.91. The summed E-state index contributed by atoms with van der Waals surface area (Å²) in [5, 5.41) is 0. The molecule has 0 bridgehead atoms. The highest BCUT2D eigenvalue weighted by molar-refractivity contribution is 9.10. The minimum Gasteiger partial charge on any atom is -0.341 e. The highest BCUT2D eigenvalue weighted by atomic mass is 79.9. The summed E-state index contributed by atoms with van der Waals surface area (Å²) in [6.45, 7) is 5.41. The van der Waals surface area contributed by atoms with Crippen molar-refractivity contribution < 1.29 is 9.59 Å². The van der Waals surface area contributed by atoms with Gasteiger partial charge in [-0.25, -0.2) is 0 Å². The van der Waals surface area contributed by atoms with E-state index < -0.39 is 0 Å². The Bertz CT molecular complexity index is 525. The van der Waals surface area contributed by atoms with E-state index in [0.717, 1.165) is 36.1 Å². The molecular weight excluding hydrogens is 332 g/mol. The van der Waals surface area contributed by atoms with Gasteiger partial charge in [0.2, 0.25) is 11.8 Å². The molecule has 0 atom stereocenters. The average Bonchev–Trinajstić information content (AvgIpc) is 2.45. The fraction of sp³-hybridized carbons (Fsp3) is 0.500. The van der Waals surface area contributed by atoms with Crippen molar-refractivity contribution in [2.75, 3.05) is 24.5 Å². The van der Waals surface area contributed by atoms with Gasteiger partial charge in [-0.3, -0.25) is 9.59 Å². The van der Waals surface area contributed by atoms with Crippen molar-refractivity contribution in [1.29, 1.82) is 0 Å². The Balaban J connectivity index is 2.06. The van der Waals surface area contributed by atoms with Crippen LogP contribution in [-0.2, 0) is 9.59 Å². The van der Waals surface area contributed by atoms with E-state index in [-0.39, 0.29) is 18.4 Å². The molecule has 1 aromatic carbocycles. The maximum atomic E-state index is 12.4. The second-order valence-corrected chi connectivity index (χ2v) is 6.56. The third-order valence-corrected chi connectivity index (χ3v) is 4.42. The van der Waals surface area contributed by atoms with Gasteiger partial charge in [0.25, 0.3) is 0 Å². The predicted octanol–water partition coefficient (Wildman–Crippen LogP) is 3.06. The molecule has 0 aromatic heterocycles. The number of halogens is 1. The smallest absolute Gasteiger partial charge is 0.242 e. The molecular formula is C16H21BrN2O2. The molecule has 21 heavy (non-hydrogen) atoms. The summed E-state index contributed by atoms with van der Waals surface area (Å²) in [6, 6.07) is 7.46. The Morgan fingerprint density at radius 1 is 1.33 bits per heavy atom. The van der Waals surface area contributed by atoms with Gasteiger partial charge in [-0.15, -0.1) is 0 Å². The zero-order valence-corrected chi connectivity index (χ0v) is 14.1. The van der Waals surface area contributed by atoms with Crippen LogP contribution in [0.2, 0.25) is 0 Å². The number of benzene rings is 1. The third-order valence-electron chi connectivity index (χ3n) is 3.93. The van der Waals surface area contributed by atoms with E-state index in [1.807, 2.05) is 29.2 Å². The average molecular weight is 353 g/mol. The Morgan fingerprint density at radius 2 is 2.00 bits per heavy atom. The van der Waals surface area contributed by atoms with E-state index in [1.165, 1.54) is 11.8 Å². The molecule has 1 saturated heterocycles. The maximum Gasteiger partial charge on any atom is 0.242 e. The van der Waals surface area contributed by atoms with E-state index >= 15 is 0 Å². The lowest BCUT2D eigenvalue weighted by Gasteiger charge is -2.32. The number of carbonyl (C=O) groups excluding carboxylic acids is 2. The van der Waals surface area contributed by atoms with E-state index in [4.69, 9.17) is 0 Å². The van der Waals surface area contributed by atoms with Crippen molar-refractivity contribution in [3.63, 3.8) is 0 Å². The van der Waals surface area contributed by atoms with Crippen molar-refractivity contribution in [1.82, 2.24) is 4.90 Å². The molecule has 5 heteroatoms. The van der Waals surface area contributed by atoms with Crippen molar-refractivity contribution in [2.45, 2.75) is 26.7 Å². The van der Waals surface area contributed by atoms with Crippen LogP contribution in [0.5, 0.6) is 0 Å². The van der Waals surface area contributed by atoms with Gasteiger partial charge >= 0.3 is 0 Å². The number of nitrogens with zero attached hydrogens (tertiary/aromatic N) is 2. The first-order valence-electron chi connectivity index (χ1n) is 7.29. The molecule has 4 nitrogen and oxygen atoms in total. The molecule has 2 rings (SSSR count). The van der Waals surface area contributed by atoms with Crippen molar-refractivity contribution in [3.8, 4) is 0 Å². The van der Waals surface area contributed by atoms with Crippen LogP contribution in [0.1, 0.15) is 26.7 Å². The molecule has 0 radical (unpaired) electrons. The van der Waals surface area contributed by atoms with Crippen molar-refractivity contribution >= 4 is 33.4 Å². The van der Waals surface area contributed by atoms with Gasteiger partial charge < -0.3 is 9.80 Å². The highest BCUT2D eigenvalue weighted by Gasteiger charge is 2.23. The number of hydrogen-bond donors (Lipinski definition) is 0. The lowest BCUT2D eigenvalue weighted by atomic mass is 9.99. The molecule has 0 aliphatic carbocycles. The van der Waals surface area contributed by atoms with Crippen LogP contribution < -0.4 is 4.90 Å². The minimum absolute atomic E-state index is 0.0251. The first-order chi connectivity index (χ1) is 9.97. The first kappa shape index (κ1) is 16.0. The summed E-state index contributed by atoms with van der Waals surface area (Å²) < 4.78 is 0.894. The summed E-state index contributed by atoms with van der Waals surface area (Å²) in [4.78, 5) is 27.7. The zero-order chi connectivity index (χ0) is 15.4. The normalized spacial score (nSPS) is 15.9. The molecule has 2 amide bonds. The largest absolute Gasteiger partial charge is 0.341 e. The quantitative estimate of drug-likeness (QED) is 0.838. The number of piperidine rings is 1. The van der Waals surface area contributed by atoms with Gasteiger partial charge in [0.05, 0.1) is 0 Å². The second kappa shape index (κ2) is 7.07. The lowest BCUT2D eigenvalue weighted by molar-refractivity contribution is -0.132. The molecule has 0 N–H and O–H groups in total. The molecule has 0 spiro atoms. The molecule has 0 unspecified atom stereocenters. The number of carbonyl (C=O) groups is 2. The Hall–Kier alpha value is -1.36. The van der Waals surface area contributed by atoms with Crippen LogP contribution >= 0.6 is 15.9 Å². The summed E-state index contributed by atoms with van der Waals surface area (Å²) in [6.07, 6.45) is 2.09. The van der Waals surface area contributed by atoms with Crippen LogP contribution in [0.25, 0.3) is 0 Å². The molecule has 114 valence electrons. The molecule has 0 saturated carbocycles. The van der Waals surface area contributed by atoms with Gasteiger partial charge in [0.1, 0.15) is 6.54 Å². The second-order valence-electron chi connectivity index (χ2n) is 5.65. The van der Waals surface area contributed by atoms with Gasteiger partial charge in [0, 0.05) is 30.2 Å². The highest BCUT2D eigenvalue weighted by Crippen LogP contribution is 2.21. The van der Waals surface area contributed by atoms with Crippen LogP contribution in [0, 0.1) is 5.92 Å². The number of anilines is 1. The van der Waals surface area contributed by atoms with Gasteiger partial charge in [-0.05, 0) is 37.0 Å². The standard InChI is InChI=1S/C16H21BrN2O2/c1-12-6-8-18(9-7-12)16(21)11-19(13(2)20)15-5-3-4-14(17)10-15/h3-5,10,12H,6-9,11H2,1-2H3. The van der Waals surface area contributed by atoms with Gasteiger partial charge in [0.15, 0.2) is 0 Å². The summed E-state index contributed by atoms with van der Waals surface area (Å²) in [5.41, 5.74) is 0.746. The third kappa shape index (κ3) is 4.30. The number of hydrogen-bond acceptors (Lipinski definition) is 2. The monoisotopic (exact) mass is 352 g/mol. The number of amides is 2. The molecule has 1 heterocycles. The summed E-state index contributed by atoms with van der Waals surface area (Å²) in [7, 11) is 0. The molecule has 1 aliphatic rings. The van der Waals surface area contributed by atoms with Crippen LogP contribution in [0.15, 0.2) is 28.7 Å². The SMILES string of the molecule is CC(=O)N(CC(=O)N1CCC(C)CC1)c1cccc(Br)c1. The Kier molecular flexibility index (Phi) is 5.39. The Morgan fingerprint density at radius 3 is 2.57 bits per heavy atom. The fourth-order valence-electron chi connectivity index (χ4n) is 2.52. The van der Waals surface area contributed by atoms with E-state index in [0.29, 0.717) is 5.92 Å². The van der Waals surface area contributed by atoms with E-state index in [9.17, 15) is 9.59 Å². The Labute approximate surface area is 134 Å². The van der Waals surface area contributed by atoms with E-state index in [1.54, 1.807) is 0 Å². The summed E-state index contributed by atoms with van der Waals surface area (Å²) in [5.74, 6) is 0.590. The molecule has 1 aromatic rings. The minimum atomic E-state index is -0.119. The first-order valence-corrected chi connectivity index (χ1v) is 8.08.